The second kappa shape index (κ2) is 12.6. The number of alkyl halides is 2. The number of benzene rings is 1. The third kappa shape index (κ3) is 7.19. The summed E-state index contributed by atoms with van der Waals surface area (Å²) in [4.78, 5) is 37.1. The van der Waals surface area contributed by atoms with Crippen molar-refractivity contribution in [2.24, 2.45) is 0 Å². The van der Waals surface area contributed by atoms with Gasteiger partial charge in [0.1, 0.15) is 29.0 Å². The number of esters is 1. The van der Waals surface area contributed by atoms with Crippen LogP contribution in [0, 0.1) is 0 Å². The number of nitrogens with one attached hydrogen (secondary N) is 1. The first-order valence-corrected chi connectivity index (χ1v) is 14.7. The number of carbonyl (C=O) groups is 3. The fraction of sp³-hybridized carbons (Fsp3) is 0.522. The molecule has 0 saturated carbocycles. The van der Waals surface area contributed by atoms with Gasteiger partial charge in [0, 0.05) is 6.20 Å². The van der Waals surface area contributed by atoms with Crippen LogP contribution in [0.2, 0.25) is 0 Å². The zero-order valence-corrected chi connectivity index (χ0v) is 23.5. The standard InChI is InChI=1S/C23H28ClF2N2O9PS/c1-12(2)35-21(33)13(3)27-38(39,37-14-7-5-4-6-8-14)34-11-23(22(25)26)19(32)18(31)20(36-23)28-10-15(24)16(29)9-17(28)30/h4-8,10,12-13,18-20,22,31-32H,9,11H2,1-3H3,(H,27,39)/t13-,18-,19-,20+,23+,38?/m0/s1. The van der Waals surface area contributed by atoms with E-state index < -0.39 is 79.9 Å². The van der Waals surface area contributed by atoms with E-state index in [-0.39, 0.29) is 10.8 Å². The lowest BCUT2D eigenvalue weighted by Crippen LogP contribution is -2.53. The number of hydrogen-bond donors (Lipinski definition) is 3. The second-order valence-electron chi connectivity index (χ2n) is 9.09. The van der Waals surface area contributed by atoms with E-state index in [1.54, 1.807) is 32.0 Å². The van der Waals surface area contributed by atoms with E-state index in [1.165, 1.54) is 19.1 Å². The van der Waals surface area contributed by atoms with Gasteiger partial charge in [0.25, 0.3) is 6.43 Å². The summed E-state index contributed by atoms with van der Waals surface area (Å²) in [6.07, 6.45) is -9.90. The average Bonchev–Trinajstić information content (AvgIpc) is 3.11. The molecule has 1 fully saturated rings. The Kier molecular flexibility index (Phi) is 10.2. The topological polar surface area (TPSA) is 144 Å². The molecule has 2 aliphatic heterocycles. The van der Waals surface area contributed by atoms with Gasteiger partial charge in [-0.15, -0.1) is 0 Å². The first kappa shape index (κ1) is 31.5. The molecule has 1 amide bonds. The molecule has 16 heteroatoms. The van der Waals surface area contributed by atoms with Gasteiger partial charge in [-0.05, 0) is 44.7 Å². The van der Waals surface area contributed by atoms with Crippen LogP contribution < -0.4 is 9.61 Å². The molecule has 3 rings (SSSR count). The fourth-order valence-electron chi connectivity index (χ4n) is 3.71. The number of rotatable bonds is 11. The summed E-state index contributed by atoms with van der Waals surface area (Å²) in [5.74, 6) is -2.11. The minimum atomic E-state index is -3.84. The summed E-state index contributed by atoms with van der Waals surface area (Å²) >= 11 is 11.3. The van der Waals surface area contributed by atoms with Crippen molar-refractivity contribution >= 4 is 47.7 Å². The quantitative estimate of drug-likeness (QED) is 0.192. The maximum Gasteiger partial charge on any atom is 0.323 e. The number of para-hydroxylation sites is 1. The molecule has 0 spiro atoms. The summed E-state index contributed by atoms with van der Waals surface area (Å²) in [6.45, 7) is -0.285. The Labute approximate surface area is 233 Å². The highest BCUT2D eigenvalue weighted by Gasteiger charge is 2.62. The van der Waals surface area contributed by atoms with E-state index in [0.717, 1.165) is 6.20 Å². The number of nitrogens with zero attached hydrogens (tertiary/aromatic N) is 1. The molecule has 3 N–H and O–H groups in total. The molecule has 1 unspecified atom stereocenters. The minimum absolute atomic E-state index is 0.193. The summed E-state index contributed by atoms with van der Waals surface area (Å²) in [5.41, 5.74) is -2.89. The molecule has 1 aromatic carbocycles. The summed E-state index contributed by atoms with van der Waals surface area (Å²) in [5, 5.41) is 23.6. The van der Waals surface area contributed by atoms with Crippen LogP contribution in [0.25, 0.3) is 0 Å². The molecular weight excluding hydrogens is 585 g/mol. The number of aliphatic hydroxyl groups is 2. The average molecular weight is 613 g/mol. The lowest BCUT2D eigenvalue weighted by molar-refractivity contribution is -0.199. The molecule has 39 heavy (non-hydrogen) atoms. The lowest BCUT2D eigenvalue weighted by atomic mass is 9.96. The Hall–Kier alpha value is -2.03. The molecule has 11 nitrogen and oxygen atoms in total. The highest BCUT2D eigenvalue weighted by molar-refractivity contribution is 8.09. The van der Waals surface area contributed by atoms with Crippen LogP contribution in [0.3, 0.4) is 0 Å². The van der Waals surface area contributed by atoms with Crippen LogP contribution in [0.1, 0.15) is 27.2 Å². The highest BCUT2D eigenvalue weighted by Crippen LogP contribution is 2.48. The maximum atomic E-state index is 14.5. The Morgan fingerprint density at radius 2 is 1.92 bits per heavy atom. The van der Waals surface area contributed by atoms with Gasteiger partial charge < -0.3 is 28.7 Å². The molecule has 0 aromatic heterocycles. The van der Waals surface area contributed by atoms with Crippen molar-refractivity contribution in [3.8, 4) is 5.75 Å². The zero-order valence-electron chi connectivity index (χ0n) is 21.0. The van der Waals surface area contributed by atoms with Crippen molar-refractivity contribution in [3.05, 3.63) is 41.6 Å². The first-order chi connectivity index (χ1) is 18.2. The Balaban J connectivity index is 1.88. The maximum absolute atomic E-state index is 14.5. The number of ether oxygens (including phenoxy) is 2. The molecular formula is C23H28ClF2N2O9PS. The monoisotopic (exact) mass is 612 g/mol. The number of halogens is 3. The van der Waals surface area contributed by atoms with Gasteiger partial charge >= 0.3 is 12.6 Å². The molecule has 1 saturated heterocycles. The van der Waals surface area contributed by atoms with E-state index >= 15 is 0 Å². The third-order valence-corrected chi connectivity index (χ3v) is 8.49. The summed E-state index contributed by atoms with van der Waals surface area (Å²) in [7, 11) is 0. The highest BCUT2D eigenvalue weighted by atomic mass is 35.5. The van der Waals surface area contributed by atoms with Crippen molar-refractivity contribution in [2.75, 3.05) is 6.61 Å². The molecule has 0 bridgehead atoms. The lowest BCUT2D eigenvalue weighted by Gasteiger charge is -2.35. The van der Waals surface area contributed by atoms with Crippen LogP contribution in [0.4, 0.5) is 8.78 Å². The van der Waals surface area contributed by atoms with Gasteiger partial charge in [0.2, 0.25) is 5.91 Å². The number of allylic oxidation sites excluding steroid dienone is 1. The van der Waals surface area contributed by atoms with Gasteiger partial charge in [-0.25, -0.2) is 13.9 Å². The minimum Gasteiger partial charge on any atom is -0.462 e. The second-order valence-corrected chi connectivity index (χ2v) is 12.6. The number of carbonyl (C=O) groups excluding carboxylic acids is 3. The largest absolute Gasteiger partial charge is 0.462 e. The van der Waals surface area contributed by atoms with Crippen LogP contribution in [-0.4, -0.2) is 82.0 Å². The number of aliphatic hydroxyl groups excluding tert-OH is 2. The van der Waals surface area contributed by atoms with Crippen molar-refractivity contribution in [2.45, 2.75) is 69.8 Å². The van der Waals surface area contributed by atoms with E-state index in [1.807, 2.05) is 0 Å². The van der Waals surface area contributed by atoms with Crippen LogP contribution in [0.5, 0.6) is 5.75 Å². The Bertz CT molecular complexity index is 1160. The van der Waals surface area contributed by atoms with Gasteiger partial charge in [0.05, 0.1) is 19.1 Å². The number of ketones is 1. The van der Waals surface area contributed by atoms with Gasteiger partial charge in [-0.2, -0.15) is 0 Å². The van der Waals surface area contributed by atoms with Crippen LogP contribution in [-0.2, 0) is 40.2 Å². The zero-order chi connectivity index (χ0) is 29.1. The van der Waals surface area contributed by atoms with Crippen molar-refractivity contribution in [1.82, 2.24) is 9.99 Å². The van der Waals surface area contributed by atoms with Crippen molar-refractivity contribution in [3.63, 3.8) is 0 Å². The Morgan fingerprint density at radius 1 is 1.28 bits per heavy atom. The Morgan fingerprint density at radius 3 is 2.51 bits per heavy atom. The number of hydrogen-bond acceptors (Lipinski definition) is 10. The SMILES string of the molecule is CC(C)OC(=O)[C@H](C)NP(=S)(OC[C@@]1(C(F)F)O[C@@H](N2C=C(Cl)C(=O)CC2=O)[C@@H](O)[C@@H]1O)Oc1ccccc1. The van der Waals surface area contributed by atoms with Crippen molar-refractivity contribution in [1.29, 1.82) is 0 Å². The molecule has 2 aliphatic rings. The molecule has 0 radical (unpaired) electrons. The first-order valence-electron chi connectivity index (χ1n) is 11.7. The molecule has 6 atom stereocenters. The predicted octanol–water partition coefficient (Wildman–Crippen LogP) is 2.20. The smallest absolute Gasteiger partial charge is 0.323 e. The normalized spacial score (nSPS) is 27.9. The van der Waals surface area contributed by atoms with E-state index in [4.69, 9.17) is 41.9 Å². The predicted molar refractivity (Wildman–Crippen MR) is 137 cm³/mol. The molecule has 216 valence electrons. The number of Topliss-reactive ketones (excluding diaryl/α,β-unsaturated/α-hetero) is 1. The third-order valence-electron chi connectivity index (χ3n) is 5.70. The van der Waals surface area contributed by atoms with E-state index in [2.05, 4.69) is 5.09 Å². The van der Waals surface area contributed by atoms with E-state index in [9.17, 15) is 33.4 Å². The van der Waals surface area contributed by atoms with Crippen LogP contribution >= 0.6 is 18.2 Å². The summed E-state index contributed by atoms with van der Waals surface area (Å²) < 4.78 is 50.9. The van der Waals surface area contributed by atoms with Crippen molar-refractivity contribution < 1.29 is 51.9 Å². The summed E-state index contributed by atoms with van der Waals surface area (Å²) in [6, 6.07) is 6.89. The van der Waals surface area contributed by atoms with Gasteiger partial charge in [-0.3, -0.25) is 19.3 Å². The molecule has 1 aromatic rings. The van der Waals surface area contributed by atoms with Gasteiger partial charge in [-0.1, -0.05) is 29.8 Å². The fourth-order valence-corrected chi connectivity index (χ4v) is 6.30. The molecule has 0 aliphatic carbocycles. The number of amides is 1. The molecule has 2 heterocycles. The van der Waals surface area contributed by atoms with Gasteiger partial charge in [0.15, 0.2) is 17.6 Å². The van der Waals surface area contributed by atoms with Crippen LogP contribution in [0.15, 0.2) is 41.6 Å². The van der Waals surface area contributed by atoms with E-state index in [0.29, 0.717) is 4.90 Å².